The number of benzene rings is 1. The normalized spacial score (nSPS) is 10.8. The first-order chi connectivity index (χ1) is 12.3. The summed E-state index contributed by atoms with van der Waals surface area (Å²) in [5.41, 5.74) is 1.89. The highest BCUT2D eigenvalue weighted by Gasteiger charge is 2.17. The number of rotatable bonds is 8. The summed E-state index contributed by atoms with van der Waals surface area (Å²) in [4.78, 5) is 23.1. The number of carboxylic acid groups (broad SMARTS) is 1. The lowest BCUT2D eigenvalue weighted by Crippen LogP contribution is -2.16. The van der Waals surface area contributed by atoms with E-state index in [0.717, 1.165) is 12.2 Å². The molecular formula is C18H22ClN3O4. The molecule has 1 amide bonds. The van der Waals surface area contributed by atoms with Gasteiger partial charge in [0.15, 0.2) is 6.61 Å². The van der Waals surface area contributed by atoms with Crippen molar-refractivity contribution in [1.29, 1.82) is 0 Å². The molecule has 0 fully saturated rings. The van der Waals surface area contributed by atoms with Crippen LogP contribution in [0, 0.1) is 5.92 Å². The molecule has 0 saturated heterocycles. The van der Waals surface area contributed by atoms with E-state index >= 15 is 0 Å². The zero-order valence-corrected chi connectivity index (χ0v) is 15.7. The van der Waals surface area contributed by atoms with Crippen molar-refractivity contribution in [3.8, 4) is 5.75 Å². The monoisotopic (exact) mass is 379 g/mol. The molecule has 0 bridgehead atoms. The molecule has 0 spiro atoms. The number of carbonyl (C=O) groups is 2. The zero-order chi connectivity index (χ0) is 19.3. The Morgan fingerprint density at radius 3 is 2.69 bits per heavy atom. The second-order valence-corrected chi connectivity index (χ2v) is 6.62. The van der Waals surface area contributed by atoms with E-state index in [1.165, 1.54) is 12.1 Å². The summed E-state index contributed by atoms with van der Waals surface area (Å²) in [6, 6.07) is 4.63. The van der Waals surface area contributed by atoms with Crippen LogP contribution >= 0.6 is 11.6 Å². The summed E-state index contributed by atoms with van der Waals surface area (Å²) in [7, 11) is 0. The van der Waals surface area contributed by atoms with Crippen molar-refractivity contribution < 1.29 is 19.4 Å². The molecule has 2 N–H and O–H groups in total. The van der Waals surface area contributed by atoms with Crippen LogP contribution in [0.5, 0.6) is 5.75 Å². The average molecular weight is 380 g/mol. The molecule has 140 valence electrons. The lowest BCUT2D eigenvalue weighted by atomic mass is 10.1. The Kier molecular flexibility index (Phi) is 6.63. The van der Waals surface area contributed by atoms with Gasteiger partial charge in [0.1, 0.15) is 5.75 Å². The van der Waals surface area contributed by atoms with Crippen LogP contribution in [-0.4, -0.2) is 33.4 Å². The third kappa shape index (κ3) is 4.98. The van der Waals surface area contributed by atoms with Crippen LogP contribution in [0.25, 0.3) is 0 Å². The number of nitrogens with one attached hydrogen (secondary N) is 1. The summed E-state index contributed by atoms with van der Waals surface area (Å²) < 4.78 is 6.92. The third-order valence-corrected chi connectivity index (χ3v) is 3.90. The van der Waals surface area contributed by atoms with Crippen LogP contribution in [0.4, 0.5) is 5.69 Å². The lowest BCUT2D eigenvalue weighted by molar-refractivity contribution is -0.139. The van der Waals surface area contributed by atoms with Gasteiger partial charge in [0.2, 0.25) is 0 Å². The van der Waals surface area contributed by atoms with Gasteiger partial charge < -0.3 is 15.2 Å². The molecule has 0 saturated carbocycles. The summed E-state index contributed by atoms with van der Waals surface area (Å²) in [6.07, 6.45) is 2.26. The Morgan fingerprint density at radius 1 is 1.38 bits per heavy atom. The first-order valence-corrected chi connectivity index (χ1v) is 8.69. The summed E-state index contributed by atoms with van der Waals surface area (Å²) >= 11 is 6.08. The SMILES string of the molecule is CCc1c(C(=O)Nc2ccc(OCC(=O)O)c(Cl)c2)cnn1CC(C)C. The number of carboxylic acids is 1. The highest BCUT2D eigenvalue weighted by atomic mass is 35.5. The zero-order valence-electron chi connectivity index (χ0n) is 15.0. The number of anilines is 1. The molecule has 26 heavy (non-hydrogen) atoms. The van der Waals surface area contributed by atoms with Gasteiger partial charge in [-0.1, -0.05) is 32.4 Å². The van der Waals surface area contributed by atoms with E-state index in [9.17, 15) is 9.59 Å². The van der Waals surface area contributed by atoms with E-state index in [2.05, 4.69) is 24.3 Å². The highest BCUT2D eigenvalue weighted by Crippen LogP contribution is 2.28. The highest BCUT2D eigenvalue weighted by molar-refractivity contribution is 6.32. The van der Waals surface area contributed by atoms with Gasteiger partial charge in [-0.05, 0) is 30.5 Å². The standard InChI is InChI=1S/C18H22ClN3O4/c1-4-15-13(8-20-22(15)9-11(2)3)18(25)21-12-5-6-16(14(19)7-12)26-10-17(23)24/h5-8,11H,4,9-10H2,1-3H3,(H,21,25)(H,23,24). The Labute approximate surface area is 156 Å². The molecule has 0 aliphatic rings. The van der Waals surface area contributed by atoms with Crippen LogP contribution in [0.2, 0.25) is 5.02 Å². The molecule has 1 heterocycles. The van der Waals surface area contributed by atoms with E-state index in [1.807, 2.05) is 11.6 Å². The van der Waals surface area contributed by atoms with Gasteiger partial charge in [0.25, 0.3) is 5.91 Å². The number of ether oxygens (including phenoxy) is 1. The number of carbonyl (C=O) groups excluding carboxylic acids is 1. The van der Waals surface area contributed by atoms with Crippen molar-refractivity contribution in [3.63, 3.8) is 0 Å². The van der Waals surface area contributed by atoms with Crippen molar-refractivity contribution in [2.75, 3.05) is 11.9 Å². The largest absolute Gasteiger partial charge is 0.480 e. The summed E-state index contributed by atoms with van der Waals surface area (Å²) in [6.45, 7) is 6.43. The molecule has 0 unspecified atom stereocenters. The third-order valence-electron chi connectivity index (χ3n) is 3.61. The van der Waals surface area contributed by atoms with Crippen molar-refractivity contribution in [3.05, 3.63) is 40.7 Å². The van der Waals surface area contributed by atoms with Gasteiger partial charge in [0.05, 0.1) is 22.5 Å². The van der Waals surface area contributed by atoms with Gasteiger partial charge in [0, 0.05) is 12.2 Å². The second-order valence-electron chi connectivity index (χ2n) is 6.22. The number of halogens is 1. The Balaban J connectivity index is 2.13. The molecule has 1 aromatic carbocycles. The maximum Gasteiger partial charge on any atom is 0.341 e. The van der Waals surface area contributed by atoms with E-state index in [1.54, 1.807) is 12.3 Å². The summed E-state index contributed by atoms with van der Waals surface area (Å²) in [5.74, 6) is -0.699. The maximum absolute atomic E-state index is 12.6. The quantitative estimate of drug-likeness (QED) is 0.732. The van der Waals surface area contributed by atoms with Gasteiger partial charge in [-0.2, -0.15) is 5.10 Å². The lowest BCUT2D eigenvalue weighted by Gasteiger charge is -2.11. The topological polar surface area (TPSA) is 93.4 Å². The van der Waals surface area contributed by atoms with E-state index in [0.29, 0.717) is 23.6 Å². The minimum atomic E-state index is -1.09. The number of aromatic nitrogens is 2. The predicted octanol–water partition coefficient (Wildman–Crippen LogP) is 3.47. The van der Waals surface area contributed by atoms with Crippen LogP contribution in [-0.2, 0) is 17.8 Å². The van der Waals surface area contributed by atoms with Crippen molar-refractivity contribution in [2.24, 2.45) is 5.92 Å². The molecule has 2 aromatic rings. The number of amides is 1. The summed E-state index contributed by atoms with van der Waals surface area (Å²) in [5, 5.41) is 16.0. The fourth-order valence-corrected chi connectivity index (χ4v) is 2.75. The fraction of sp³-hybridized carbons (Fsp3) is 0.389. The Morgan fingerprint density at radius 2 is 2.12 bits per heavy atom. The van der Waals surface area contributed by atoms with E-state index in [-0.39, 0.29) is 16.7 Å². The van der Waals surface area contributed by atoms with Gasteiger partial charge in [-0.25, -0.2) is 4.79 Å². The first-order valence-electron chi connectivity index (χ1n) is 8.32. The second kappa shape index (κ2) is 8.71. The van der Waals surface area contributed by atoms with E-state index < -0.39 is 12.6 Å². The number of hydrogen-bond acceptors (Lipinski definition) is 4. The molecule has 2 rings (SSSR count). The van der Waals surface area contributed by atoms with Crippen LogP contribution in [0.3, 0.4) is 0 Å². The average Bonchev–Trinajstić information content (AvgIpc) is 2.95. The molecule has 0 atom stereocenters. The van der Waals surface area contributed by atoms with Gasteiger partial charge in [-0.3, -0.25) is 9.48 Å². The van der Waals surface area contributed by atoms with Gasteiger partial charge in [-0.15, -0.1) is 0 Å². The first kappa shape index (κ1) is 19.8. The Bertz CT molecular complexity index is 802. The molecule has 1 aromatic heterocycles. The Hall–Kier alpha value is -2.54. The number of nitrogens with zero attached hydrogens (tertiary/aromatic N) is 2. The van der Waals surface area contributed by atoms with E-state index in [4.69, 9.17) is 21.4 Å². The molecule has 0 aliphatic carbocycles. The minimum Gasteiger partial charge on any atom is -0.480 e. The molecule has 8 heteroatoms. The maximum atomic E-state index is 12.6. The molecular weight excluding hydrogens is 358 g/mol. The molecule has 7 nitrogen and oxygen atoms in total. The van der Waals surface area contributed by atoms with Crippen LogP contribution in [0.1, 0.15) is 36.8 Å². The smallest absolute Gasteiger partial charge is 0.341 e. The number of hydrogen-bond donors (Lipinski definition) is 2. The van der Waals surface area contributed by atoms with Crippen LogP contribution in [0.15, 0.2) is 24.4 Å². The molecule has 0 radical (unpaired) electrons. The van der Waals surface area contributed by atoms with Gasteiger partial charge >= 0.3 is 5.97 Å². The number of aliphatic carboxylic acids is 1. The minimum absolute atomic E-state index is 0.218. The fourth-order valence-electron chi connectivity index (χ4n) is 2.51. The van der Waals surface area contributed by atoms with Crippen molar-refractivity contribution >= 4 is 29.2 Å². The predicted molar refractivity (Wildman–Crippen MR) is 99.0 cm³/mol. The van der Waals surface area contributed by atoms with Crippen molar-refractivity contribution in [2.45, 2.75) is 33.7 Å². The van der Waals surface area contributed by atoms with Crippen molar-refractivity contribution in [1.82, 2.24) is 9.78 Å². The molecule has 0 aliphatic heterocycles. The van der Waals surface area contributed by atoms with Crippen LogP contribution < -0.4 is 10.1 Å².